The van der Waals surface area contributed by atoms with Crippen molar-refractivity contribution in [3.8, 4) is 17.5 Å². The van der Waals surface area contributed by atoms with E-state index in [9.17, 15) is 9.59 Å². The van der Waals surface area contributed by atoms with Crippen LogP contribution in [0.25, 0.3) is 11.5 Å². The van der Waals surface area contributed by atoms with Gasteiger partial charge in [-0.05, 0) is 31.2 Å². The van der Waals surface area contributed by atoms with E-state index in [1.54, 1.807) is 11.2 Å². The van der Waals surface area contributed by atoms with Crippen LogP contribution in [0.2, 0.25) is 0 Å². The Morgan fingerprint density at radius 1 is 1.09 bits per heavy atom. The molecule has 7 heteroatoms. The van der Waals surface area contributed by atoms with Crippen LogP contribution < -0.4 is 10.2 Å². The summed E-state index contributed by atoms with van der Waals surface area (Å²) in [6.45, 7) is 2.73. The second kappa shape index (κ2) is 11.5. The Morgan fingerprint density at radius 2 is 1.84 bits per heavy atom. The van der Waals surface area contributed by atoms with Gasteiger partial charge in [0.2, 0.25) is 17.7 Å². The van der Waals surface area contributed by atoms with Crippen molar-refractivity contribution in [2.75, 3.05) is 18.0 Å². The number of hydrogen-bond donors (Lipinski definition) is 1. The number of aryl methyl sites for hydroxylation is 1. The van der Waals surface area contributed by atoms with Gasteiger partial charge in [0.15, 0.2) is 0 Å². The fourth-order valence-corrected chi connectivity index (χ4v) is 3.19. The molecule has 32 heavy (non-hydrogen) atoms. The normalized spacial score (nSPS) is 10.4. The van der Waals surface area contributed by atoms with Crippen molar-refractivity contribution in [1.82, 2.24) is 10.3 Å². The Balaban J connectivity index is 1.44. The van der Waals surface area contributed by atoms with Gasteiger partial charge in [0.25, 0.3) is 0 Å². The number of carbonyl (C=O) groups is 2. The van der Waals surface area contributed by atoms with E-state index in [1.165, 1.54) is 5.56 Å². The van der Waals surface area contributed by atoms with Gasteiger partial charge in [-0.2, -0.15) is 5.26 Å². The molecule has 1 aromatic heterocycles. The summed E-state index contributed by atoms with van der Waals surface area (Å²) in [5.74, 6) is 0.171. The van der Waals surface area contributed by atoms with Gasteiger partial charge in [-0.25, -0.2) is 4.98 Å². The summed E-state index contributed by atoms with van der Waals surface area (Å²) in [6, 6.07) is 19.1. The standard InChI is InChI=1S/C25H26N4O3/c1-19-8-10-20(11-9-19)25-28-21(18-32-25)14-16-27-23(30)12-13-24(31)29(17-5-15-26)22-6-3-2-4-7-22/h2-4,6-11,18H,5,12-14,16-17H2,1H3,(H,27,30). The first kappa shape index (κ1) is 22.8. The van der Waals surface area contributed by atoms with Gasteiger partial charge in [-0.15, -0.1) is 0 Å². The van der Waals surface area contributed by atoms with E-state index in [0.29, 0.717) is 25.4 Å². The maximum absolute atomic E-state index is 12.6. The molecule has 2 amide bonds. The highest BCUT2D eigenvalue weighted by atomic mass is 16.3. The van der Waals surface area contributed by atoms with Crippen molar-refractivity contribution in [2.24, 2.45) is 0 Å². The Hall–Kier alpha value is -3.92. The number of rotatable bonds is 10. The molecule has 0 aliphatic rings. The topological polar surface area (TPSA) is 99.2 Å². The van der Waals surface area contributed by atoms with Crippen LogP contribution in [-0.4, -0.2) is 29.9 Å². The summed E-state index contributed by atoms with van der Waals surface area (Å²) >= 11 is 0. The zero-order chi connectivity index (χ0) is 22.8. The first-order valence-corrected chi connectivity index (χ1v) is 10.6. The molecule has 0 saturated heterocycles. The Labute approximate surface area is 187 Å². The van der Waals surface area contributed by atoms with Crippen molar-refractivity contribution < 1.29 is 14.0 Å². The molecule has 0 fully saturated rings. The maximum atomic E-state index is 12.6. The van der Waals surface area contributed by atoms with Crippen molar-refractivity contribution in [1.29, 1.82) is 5.26 Å². The number of amides is 2. The van der Waals surface area contributed by atoms with Gasteiger partial charge in [-0.1, -0.05) is 35.9 Å². The first-order chi connectivity index (χ1) is 15.6. The minimum atomic E-state index is -0.200. The number of carbonyl (C=O) groups excluding carboxylic acids is 2. The molecule has 0 atom stereocenters. The molecular formula is C25H26N4O3. The molecular weight excluding hydrogens is 404 g/mol. The van der Waals surface area contributed by atoms with Crippen LogP contribution in [0.15, 0.2) is 65.3 Å². The highest BCUT2D eigenvalue weighted by Gasteiger charge is 2.16. The van der Waals surface area contributed by atoms with E-state index in [-0.39, 0.29) is 31.1 Å². The highest BCUT2D eigenvalue weighted by Crippen LogP contribution is 2.19. The molecule has 7 nitrogen and oxygen atoms in total. The zero-order valence-corrected chi connectivity index (χ0v) is 18.1. The minimum Gasteiger partial charge on any atom is -0.444 e. The Bertz CT molecular complexity index is 1070. The lowest BCUT2D eigenvalue weighted by atomic mass is 10.1. The second-order valence-corrected chi connectivity index (χ2v) is 7.40. The summed E-state index contributed by atoms with van der Waals surface area (Å²) < 4.78 is 5.53. The molecule has 0 unspecified atom stereocenters. The molecule has 164 valence electrons. The Morgan fingerprint density at radius 3 is 2.56 bits per heavy atom. The van der Waals surface area contributed by atoms with Gasteiger partial charge in [0.05, 0.1) is 18.2 Å². The van der Waals surface area contributed by atoms with E-state index in [2.05, 4.69) is 16.4 Å². The molecule has 1 N–H and O–H groups in total. The van der Waals surface area contributed by atoms with Crippen LogP contribution in [0.4, 0.5) is 5.69 Å². The maximum Gasteiger partial charge on any atom is 0.227 e. The molecule has 3 rings (SSSR count). The quantitative estimate of drug-likeness (QED) is 0.523. The van der Waals surface area contributed by atoms with Crippen molar-refractivity contribution in [2.45, 2.75) is 32.6 Å². The number of aromatic nitrogens is 1. The third-order valence-corrected chi connectivity index (χ3v) is 4.94. The van der Waals surface area contributed by atoms with Crippen LogP contribution in [-0.2, 0) is 16.0 Å². The largest absolute Gasteiger partial charge is 0.444 e. The summed E-state index contributed by atoms with van der Waals surface area (Å²) in [7, 11) is 0. The highest BCUT2D eigenvalue weighted by molar-refractivity contribution is 5.95. The van der Waals surface area contributed by atoms with Crippen molar-refractivity contribution in [3.63, 3.8) is 0 Å². The molecule has 2 aromatic carbocycles. The van der Waals surface area contributed by atoms with Crippen LogP contribution in [0.1, 0.15) is 30.5 Å². The minimum absolute atomic E-state index is 0.0771. The zero-order valence-electron chi connectivity index (χ0n) is 18.1. The number of para-hydroxylation sites is 1. The third kappa shape index (κ3) is 6.54. The van der Waals surface area contributed by atoms with E-state index >= 15 is 0 Å². The lowest BCUT2D eigenvalue weighted by Gasteiger charge is -2.21. The smallest absolute Gasteiger partial charge is 0.227 e. The number of nitrogens with zero attached hydrogens (tertiary/aromatic N) is 3. The fourth-order valence-electron chi connectivity index (χ4n) is 3.19. The molecule has 0 spiro atoms. The van der Waals surface area contributed by atoms with Crippen molar-refractivity contribution in [3.05, 3.63) is 72.1 Å². The SMILES string of the molecule is Cc1ccc(-c2nc(CCNC(=O)CCC(=O)N(CCC#N)c3ccccc3)co2)cc1. The molecule has 0 bridgehead atoms. The van der Waals surface area contributed by atoms with Crippen LogP contribution >= 0.6 is 0 Å². The van der Waals surface area contributed by atoms with Gasteiger partial charge in [0.1, 0.15) is 6.26 Å². The van der Waals surface area contributed by atoms with Crippen LogP contribution in [0.3, 0.4) is 0 Å². The molecule has 0 aliphatic heterocycles. The molecule has 3 aromatic rings. The van der Waals surface area contributed by atoms with Gasteiger partial charge < -0.3 is 14.6 Å². The molecule has 0 radical (unpaired) electrons. The van der Waals surface area contributed by atoms with Gasteiger partial charge >= 0.3 is 0 Å². The van der Waals surface area contributed by atoms with Crippen LogP contribution in [0, 0.1) is 18.3 Å². The number of nitriles is 1. The Kier molecular flexibility index (Phi) is 8.15. The lowest BCUT2D eigenvalue weighted by molar-refractivity contribution is -0.125. The van der Waals surface area contributed by atoms with Gasteiger partial charge in [-0.3, -0.25) is 9.59 Å². The second-order valence-electron chi connectivity index (χ2n) is 7.40. The van der Waals surface area contributed by atoms with Gasteiger partial charge in [0, 0.05) is 43.6 Å². The van der Waals surface area contributed by atoms with Crippen molar-refractivity contribution >= 4 is 17.5 Å². The fraction of sp³-hybridized carbons (Fsp3) is 0.280. The number of oxazole rings is 1. The monoisotopic (exact) mass is 430 g/mol. The number of nitrogens with one attached hydrogen (secondary N) is 1. The predicted octanol–water partition coefficient (Wildman–Crippen LogP) is 4.04. The molecule has 0 saturated carbocycles. The van der Waals surface area contributed by atoms with E-state index in [4.69, 9.17) is 9.68 Å². The first-order valence-electron chi connectivity index (χ1n) is 10.6. The molecule has 1 heterocycles. The van der Waals surface area contributed by atoms with E-state index < -0.39 is 0 Å². The lowest BCUT2D eigenvalue weighted by Crippen LogP contribution is -2.33. The summed E-state index contributed by atoms with van der Waals surface area (Å²) in [4.78, 5) is 30.8. The van der Waals surface area contributed by atoms with E-state index in [0.717, 1.165) is 16.9 Å². The third-order valence-electron chi connectivity index (χ3n) is 4.94. The number of anilines is 1. The average molecular weight is 431 g/mol. The van der Waals surface area contributed by atoms with E-state index in [1.807, 2.05) is 61.5 Å². The average Bonchev–Trinajstić information content (AvgIpc) is 3.28. The summed E-state index contributed by atoms with van der Waals surface area (Å²) in [5, 5.41) is 11.7. The number of hydrogen-bond acceptors (Lipinski definition) is 5. The summed E-state index contributed by atoms with van der Waals surface area (Å²) in [6.07, 6.45) is 2.52. The molecule has 0 aliphatic carbocycles. The van der Waals surface area contributed by atoms with Crippen LogP contribution in [0.5, 0.6) is 0 Å². The number of benzene rings is 2. The predicted molar refractivity (Wildman–Crippen MR) is 122 cm³/mol. The summed E-state index contributed by atoms with van der Waals surface area (Å²) in [5.41, 5.74) is 3.55.